The summed E-state index contributed by atoms with van der Waals surface area (Å²) >= 11 is 3.35. The number of nitrogens with one attached hydrogen (secondary N) is 1. The number of nitrogens with zero attached hydrogens (tertiary/aromatic N) is 2. The predicted octanol–water partition coefficient (Wildman–Crippen LogP) is 3.25. The molecule has 6 heteroatoms. The van der Waals surface area contributed by atoms with Crippen LogP contribution in [0.5, 0.6) is 5.88 Å². The van der Waals surface area contributed by atoms with Crippen LogP contribution < -0.4 is 10.1 Å². The molecule has 0 bridgehead atoms. The molecule has 2 heterocycles. The fourth-order valence-corrected chi connectivity index (χ4v) is 2.92. The van der Waals surface area contributed by atoms with E-state index in [4.69, 9.17) is 4.74 Å². The number of urea groups is 1. The number of likely N-dealkylation sites (tertiary alicyclic amines) is 1. The Hall–Kier alpha value is -2.08. The van der Waals surface area contributed by atoms with Gasteiger partial charge in [0, 0.05) is 36.2 Å². The molecule has 1 atom stereocenters. The molecule has 0 radical (unpaired) electrons. The van der Waals surface area contributed by atoms with Gasteiger partial charge in [-0.25, -0.2) is 9.78 Å². The third-order valence-electron chi connectivity index (χ3n) is 3.95. The van der Waals surface area contributed by atoms with Crippen molar-refractivity contribution in [2.24, 2.45) is 0 Å². The summed E-state index contributed by atoms with van der Waals surface area (Å²) in [5.41, 5.74) is 1.22. The van der Waals surface area contributed by atoms with Crippen molar-refractivity contribution < 1.29 is 9.53 Å². The third kappa shape index (κ3) is 4.71. The first kappa shape index (κ1) is 16.8. The Morgan fingerprint density at radius 3 is 2.88 bits per heavy atom. The van der Waals surface area contributed by atoms with Crippen molar-refractivity contribution in [2.45, 2.75) is 18.9 Å². The molecule has 126 valence electrons. The van der Waals surface area contributed by atoms with E-state index in [2.05, 4.69) is 38.4 Å². The minimum absolute atomic E-state index is 0.00134. The van der Waals surface area contributed by atoms with Gasteiger partial charge in [-0.05, 0) is 34.0 Å². The van der Waals surface area contributed by atoms with E-state index in [9.17, 15) is 4.79 Å². The fraction of sp³-hybridized carbons (Fsp3) is 0.333. The van der Waals surface area contributed by atoms with Crippen molar-refractivity contribution in [3.05, 3.63) is 58.7 Å². The maximum Gasteiger partial charge on any atom is 0.317 e. The summed E-state index contributed by atoms with van der Waals surface area (Å²) in [4.78, 5) is 18.2. The maximum absolute atomic E-state index is 12.2. The Labute approximate surface area is 150 Å². The first-order valence-electron chi connectivity index (χ1n) is 8.05. The van der Waals surface area contributed by atoms with Crippen LogP contribution in [-0.2, 0) is 6.42 Å². The number of amides is 2. The number of rotatable bonds is 5. The smallest absolute Gasteiger partial charge is 0.317 e. The number of hydrogen-bond donors (Lipinski definition) is 1. The Balaban J connectivity index is 1.41. The van der Waals surface area contributed by atoms with Crippen LogP contribution in [-0.4, -0.2) is 41.7 Å². The summed E-state index contributed by atoms with van der Waals surface area (Å²) in [7, 11) is 0. The second-order valence-electron chi connectivity index (χ2n) is 5.76. The number of aromatic nitrogens is 1. The Morgan fingerprint density at radius 2 is 2.12 bits per heavy atom. The van der Waals surface area contributed by atoms with Gasteiger partial charge >= 0.3 is 6.03 Å². The Bertz CT molecular complexity index is 664. The molecular weight excluding hydrogens is 370 g/mol. The quantitative estimate of drug-likeness (QED) is 0.853. The lowest BCUT2D eigenvalue weighted by atomic mass is 10.1. The SMILES string of the molecule is O=C(NCCc1ccccc1)N1CCC(Oc2ccc(Br)cn2)C1. The van der Waals surface area contributed by atoms with Crippen molar-refractivity contribution >= 4 is 22.0 Å². The first-order chi connectivity index (χ1) is 11.7. The van der Waals surface area contributed by atoms with Gasteiger partial charge in [0.2, 0.25) is 5.88 Å². The number of ether oxygens (including phenoxy) is 1. The van der Waals surface area contributed by atoms with E-state index < -0.39 is 0 Å². The van der Waals surface area contributed by atoms with Crippen molar-refractivity contribution in [2.75, 3.05) is 19.6 Å². The number of benzene rings is 1. The van der Waals surface area contributed by atoms with E-state index in [-0.39, 0.29) is 12.1 Å². The highest BCUT2D eigenvalue weighted by Crippen LogP contribution is 2.18. The van der Waals surface area contributed by atoms with Crippen LogP contribution in [0.25, 0.3) is 0 Å². The highest BCUT2D eigenvalue weighted by Gasteiger charge is 2.27. The lowest BCUT2D eigenvalue weighted by Gasteiger charge is -2.17. The van der Waals surface area contributed by atoms with E-state index in [1.165, 1.54) is 5.56 Å². The van der Waals surface area contributed by atoms with Gasteiger partial charge in [0.05, 0.1) is 6.54 Å². The zero-order valence-electron chi connectivity index (χ0n) is 13.3. The molecule has 1 aromatic heterocycles. The molecule has 2 amide bonds. The van der Waals surface area contributed by atoms with Crippen molar-refractivity contribution in [3.8, 4) is 5.88 Å². The maximum atomic E-state index is 12.2. The van der Waals surface area contributed by atoms with Crippen molar-refractivity contribution in [3.63, 3.8) is 0 Å². The third-order valence-corrected chi connectivity index (χ3v) is 4.42. The average Bonchev–Trinajstić information content (AvgIpc) is 3.06. The lowest BCUT2D eigenvalue weighted by molar-refractivity contribution is 0.183. The van der Waals surface area contributed by atoms with E-state index in [1.807, 2.05) is 30.3 Å². The molecule has 1 aromatic carbocycles. The van der Waals surface area contributed by atoms with E-state index in [1.54, 1.807) is 11.1 Å². The summed E-state index contributed by atoms with van der Waals surface area (Å²) in [6.45, 7) is 1.94. The zero-order chi connectivity index (χ0) is 16.8. The van der Waals surface area contributed by atoms with Gasteiger partial charge < -0.3 is 15.0 Å². The molecule has 0 saturated carbocycles. The number of carbonyl (C=O) groups excluding carboxylic acids is 1. The summed E-state index contributed by atoms with van der Waals surface area (Å²) in [6.07, 6.45) is 3.37. The average molecular weight is 390 g/mol. The molecule has 1 aliphatic rings. The molecule has 0 spiro atoms. The molecule has 1 fully saturated rings. The molecule has 3 rings (SSSR count). The van der Waals surface area contributed by atoms with Crippen LogP contribution in [0.15, 0.2) is 53.1 Å². The zero-order valence-corrected chi connectivity index (χ0v) is 14.9. The van der Waals surface area contributed by atoms with Crippen LogP contribution in [0.3, 0.4) is 0 Å². The van der Waals surface area contributed by atoms with Crippen molar-refractivity contribution in [1.29, 1.82) is 0 Å². The van der Waals surface area contributed by atoms with Gasteiger partial charge in [-0.1, -0.05) is 30.3 Å². The summed E-state index contributed by atoms with van der Waals surface area (Å²) in [6, 6.07) is 13.8. The fourth-order valence-electron chi connectivity index (χ4n) is 2.68. The molecule has 1 saturated heterocycles. The van der Waals surface area contributed by atoms with E-state index in [0.29, 0.717) is 25.5 Å². The molecule has 5 nitrogen and oxygen atoms in total. The van der Waals surface area contributed by atoms with Crippen LogP contribution in [0.4, 0.5) is 4.79 Å². The number of hydrogen-bond acceptors (Lipinski definition) is 3. The van der Waals surface area contributed by atoms with Gasteiger partial charge in [-0.2, -0.15) is 0 Å². The normalized spacial score (nSPS) is 16.9. The Kier molecular flexibility index (Phi) is 5.69. The first-order valence-corrected chi connectivity index (χ1v) is 8.85. The molecular formula is C18H20BrN3O2. The van der Waals surface area contributed by atoms with Crippen LogP contribution in [0, 0.1) is 0 Å². The van der Waals surface area contributed by atoms with Crippen LogP contribution in [0.1, 0.15) is 12.0 Å². The second-order valence-corrected chi connectivity index (χ2v) is 6.67. The molecule has 2 aromatic rings. The predicted molar refractivity (Wildman–Crippen MR) is 96.1 cm³/mol. The standard InChI is InChI=1S/C18H20BrN3O2/c19-15-6-7-17(21-12-15)24-16-9-11-22(13-16)18(23)20-10-8-14-4-2-1-3-5-14/h1-7,12,16H,8-11,13H2,(H,20,23). The molecule has 24 heavy (non-hydrogen) atoms. The van der Waals surface area contributed by atoms with Crippen LogP contribution in [0.2, 0.25) is 0 Å². The second kappa shape index (κ2) is 8.15. The monoisotopic (exact) mass is 389 g/mol. The van der Waals surface area contributed by atoms with E-state index >= 15 is 0 Å². The molecule has 1 aliphatic heterocycles. The van der Waals surface area contributed by atoms with Gasteiger partial charge in [0.25, 0.3) is 0 Å². The van der Waals surface area contributed by atoms with Crippen LogP contribution >= 0.6 is 15.9 Å². The summed E-state index contributed by atoms with van der Waals surface area (Å²) in [5.74, 6) is 0.592. The van der Waals surface area contributed by atoms with Gasteiger partial charge in [-0.15, -0.1) is 0 Å². The van der Waals surface area contributed by atoms with E-state index in [0.717, 1.165) is 17.3 Å². The Morgan fingerprint density at radius 1 is 1.29 bits per heavy atom. The van der Waals surface area contributed by atoms with Gasteiger partial charge in [0.1, 0.15) is 6.10 Å². The minimum atomic E-state index is -0.0270. The molecule has 1 N–H and O–H groups in total. The number of pyridine rings is 1. The summed E-state index contributed by atoms with van der Waals surface area (Å²) in [5, 5.41) is 2.97. The highest BCUT2D eigenvalue weighted by molar-refractivity contribution is 9.10. The highest BCUT2D eigenvalue weighted by atomic mass is 79.9. The number of halogens is 1. The summed E-state index contributed by atoms with van der Waals surface area (Å²) < 4.78 is 6.75. The lowest BCUT2D eigenvalue weighted by Crippen LogP contribution is -2.40. The largest absolute Gasteiger partial charge is 0.472 e. The topological polar surface area (TPSA) is 54.5 Å². The molecule has 1 unspecified atom stereocenters. The van der Waals surface area contributed by atoms with Gasteiger partial charge in [-0.3, -0.25) is 0 Å². The van der Waals surface area contributed by atoms with Gasteiger partial charge in [0.15, 0.2) is 0 Å². The number of carbonyl (C=O) groups is 1. The minimum Gasteiger partial charge on any atom is -0.472 e. The molecule has 0 aliphatic carbocycles. The van der Waals surface area contributed by atoms with Crippen molar-refractivity contribution in [1.82, 2.24) is 15.2 Å².